The Morgan fingerprint density at radius 1 is 1.08 bits per heavy atom. The number of hydrogen-bond acceptors (Lipinski definition) is 4. The second-order valence-electron chi connectivity index (χ2n) is 6.35. The van der Waals surface area contributed by atoms with Crippen molar-refractivity contribution < 1.29 is 14.0 Å². The smallest absolute Gasteiger partial charge is 0.238 e. The number of amides is 2. The third kappa shape index (κ3) is 5.76. The first-order chi connectivity index (χ1) is 11.8. The van der Waals surface area contributed by atoms with Crippen molar-refractivity contribution in [1.82, 2.24) is 10.2 Å². The molecule has 0 aliphatic rings. The minimum absolute atomic E-state index is 0.139. The van der Waals surface area contributed by atoms with Crippen LogP contribution < -0.4 is 10.6 Å². The highest BCUT2D eigenvalue weighted by Gasteiger charge is 2.13. The van der Waals surface area contributed by atoms with Crippen LogP contribution in [0.5, 0.6) is 0 Å². The summed E-state index contributed by atoms with van der Waals surface area (Å²) in [6.45, 7) is 6.60. The van der Waals surface area contributed by atoms with Crippen LogP contribution in [0.3, 0.4) is 0 Å². The molecule has 0 saturated heterocycles. The molecule has 6 nitrogen and oxygen atoms in total. The molecular weight excluding hydrogens is 318 g/mol. The van der Waals surface area contributed by atoms with Crippen LogP contribution in [-0.4, -0.2) is 36.9 Å². The predicted octanol–water partition coefficient (Wildman–Crippen LogP) is 2.39. The second-order valence-corrected chi connectivity index (χ2v) is 6.35. The lowest BCUT2D eigenvalue weighted by molar-refractivity contribution is -0.123. The van der Waals surface area contributed by atoms with Gasteiger partial charge in [0.2, 0.25) is 11.8 Å². The molecule has 1 aromatic carbocycles. The monoisotopic (exact) mass is 343 g/mol. The van der Waals surface area contributed by atoms with Crippen molar-refractivity contribution in [2.75, 3.05) is 25.5 Å². The summed E-state index contributed by atoms with van der Waals surface area (Å²) in [5, 5.41) is 5.69. The van der Waals surface area contributed by atoms with Crippen molar-refractivity contribution in [3.63, 3.8) is 0 Å². The maximum atomic E-state index is 12.2. The number of nitrogens with one attached hydrogen (secondary N) is 2. The number of benzene rings is 1. The number of anilines is 1. The minimum Gasteiger partial charge on any atom is -0.467 e. The van der Waals surface area contributed by atoms with Gasteiger partial charge in [0.05, 0.1) is 25.9 Å². The Bertz CT molecular complexity index is 715. The highest BCUT2D eigenvalue weighted by molar-refractivity contribution is 5.94. The molecule has 2 amide bonds. The summed E-state index contributed by atoms with van der Waals surface area (Å²) in [7, 11) is 1.74. The highest BCUT2D eigenvalue weighted by atomic mass is 16.3. The minimum atomic E-state index is -0.158. The van der Waals surface area contributed by atoms with Crippen LogP contribution in [0.4, 0.5) is 5.69 Å². The van der Waals surface area contributed by atoms with E-state index in [0.717, 1.165) is 16.8 Å². The summed E-state index contributed by atoms with van der Waals surface area (Å²) in [5.41, 5.74) is 4.07. The zero-order valence-corrected chi connectivity index (χ0v) is 15.2. The molecule has 0 fully saturated rings. The van der Waals surface area contributed by atoms with Crippen molar-refractivity contribution >= 4 is 17.5 Å². The van der Waals surface area contributed by atoms with E-state index < -0.39 is 0 Å². The van der Waals surface area contributed by atoms with Gasteiger partial charge in [0, 0.05) is 5.69 Å². The van der Waals surface area contributed by atoms with Crippen molar-refractivity contribution in [3.8, 4) is 0 Å². The maximum Gasteiger partial charge on any atom is 0.238 e. The molecule has 6 heteroatoms. The Kier molecular flexibility index (Phi) is 6.36. The van der Waals surface area contributed by atoms with Crippen molar-refractivity contribution in [3.05, 3.63) is 53.0 Å². The summed E-state index contributed by atoms with van der Waals surface area (Å²) in [6, 6.07) is 7.64. The molecule has 0 spiro atoms. The first-order valence-electron chi connectivity index (χ1n) is 8.20. The number of nitrogens with zero attached hydrogens (tertiary/aromatic N) is 1. The van der Waals surface area contributed by atoms with Crippen LogP contribution in [0.2, 0.25) is 0 Å². The third-order valence-electron chi connectivity index (χ3n) is 3.81. The van der Waals surface area contributed by atoms with E-state index in [9.17, 15) is 9.59 Å². The van der Waals surface area contributed by atoms with Gasteiger partial charge < -0.3 is 15.1 Å². The van der Waals surface area contributed by atoms with Gasteiger partial charge in [0.1, 0.15) is 5.76 Å². The number of carbonyl (C=O) groups is 2. The molecule has 0 bridgehead atoms. The van der Waals surface area contributed by atoms with E-state index in [2.05, 4.69) is 10.6 Å². The van der Waals surface area contributed by atoms with Gasteiger partial charge in [-0.25, -0.2) is 0 Å². The molecule has 0 aliphatic heterocycles. The molecule has 1 aromatic heterocycles. The lowest BCUT2D eigenvalue weighted by Crippen LogP contribution is -2.38. The molecule has 134 valence electrons. The average Bonchev–Trinajstić information content (AvgIpc) is 3.02. The number of furan rings is 1. The van der Waals surface area contributed by atoms with Gasteiger partial charge in [-0.1, -0.05) is 17.7 Å². The first-order valence-corrected chi connectivity index (χ1v) is 8.20. The average molecular weight is 343 g/mol. The second kappa shape index (κ2) is 8.48. The molecule has 0 aliphatic carbocycles. The number of likely N-dealkylation sites (N-methyl/N-ethyl adjacent to an activating group) is 1. The lowest BCUT2D eigenvalue weighted by Gasteiger charge is -2.17. The zero-order chi connectivity index (χ0) is 18.4. The van der Waals surface area contributed by atoms with E-state index in [0.29, 0.717) is 12.3 Å². The molecule has 0 saturated carbocycles. The fraction of sp³-hybridized carbons (Fsp3) is 0.368. The molecule has 2 aromatic rings. The molecule has 0 unspecified atom stereocenters. The largest absolute Gasteiger partial charge is 0.467 e. The van der Waals surface area contributed by atoms with Gasteiger partial charge in [-0.3, -0.25) is 14.5 Å². The van der Waals surface area contributed by atoms with Crippen LogP contribution >= 0.6 is 0 Å². The highest BCUT2D eigenvalue weighted by Crippen LogP contribution is 2.21. The predicted molar refractivity (Wildman–Crippen MR) is 97.3 cm³/mol. The summed E-state index contributed by atoms with van der Waals surface area (Å²) in [5.74, 6) is 0.393. The Hall–Kier alpha value is -2.60. The summed E-state index contributed by atoms with van der Waals surface area (Å²) < 4.78 is 5.16. The number of hydrogen-bond donors (Lipinski definition) is 2. The molecule has 0 radical (unpaired) electrons. The van der Waals surface area contributed by atoms with Crippen molar-refractivity contribution in [1.29, 1.82) is 0 Å². The van der Waals surface area contributed by atoms with Crippen LogP contribution in [0.15, 0.2) is 34.9 Å². The first kappa shape index (κ1) is 18.7. The summed E-state index contributed by atoms with van der Waals surface area (Å²) in [6.07, 6.45) is 1.56. The van der Waals surface area contributed by atoms with Crippen LogP contribution in [0, 0.1) is 20.8 Å². The van der Waals surface area contributed by atoms with Crippen LogP contribution in [-0.2, 0) is 16.1 Å². The fourth-order valence-corrected chi connectivity index (χ4v) is 2.76. The van der Waals surface area contributed by atoms with Gasteiger partial charge in [-0.05, 0) is 51.1 Å². The van der Waals surface area contributed by atoms with Gasteiger partial charge >= 0.3 is 0 Å². The van der Waals surface area contributed by atoms with Crippen LogP contribution in [0.25, 0.3) is 0 Å². The SMILES string of the molecule is Cc1cc(C)c(NC(=O)CN(C)CC(=O)NCc2ccco2)c(C)c1. The Labute approximate surface area is 148 Å². The molecule has 2 rings (SSSR count). The number of carbonyl (C=O) groups excluding carboxylic acids is 2. The van der Waals surface area contributed by atoms with E-state index >= 15 is 0 Å². The van der Waals surface area contributed by atoms with E-state index in [4.69, 9.17) is 4.42 Å². The van der Waals surface area contributed by atoms with Gasteiger partial charge in [-0.15, -0.1) is 0 Å². The van der Waals surface area contributed by atoms with E-state index in [-0.39, 0.29) is 24.9 Å². The van der Waals surface area contributed by atoms with E-state index in [1.807, 2.05) is 32.9 Å². The van der Waals surface area contributed by atoms with Crippen LogP contribution in [0.1, 0.15) is 22.5 Å². The molecule has 2 N–H and O–H groups in total. The third-order valence-corrected chi connectivity index (χ3v) is 3.81. The Balaban J connectivity index is 1.80. The molecule has 25 heavy (non-hydrogen) atoms. The molecule has 0 atom stereocenters. The van der Waals surface area contributed by atoms with E-state index in [1.165, 1.54) is 5.56 Å². The van der Waals surface area contributed by atoms with Gasteiger partial charge in [0.25, 0.3) is 0 Å². The standard InChI is InChI=1S/C19H25N3O3/c1-13-8-14(2)19(15(3)9-13)21-18(24)12-22(4)11-17(23)20-10-16-6-5-7-25-16/h5-9H,10-12H2,1-4H3,(H,20,23)(H,21,24). The Morgan fingerprint density at radius 2 is 1.72 bits per heavy atom. The number of aryl methyl sites for hydroxylation is 3. The summed E-state index contributed by atoms with van der Waals surface area (Å²) >= 11 is 0. The normalized spacial score (nSPS) is 10.8. The lowest BCUT2D eigenvalue weighted by atomic mass is 10.1. The topological polar surface area (TPSA) is 74.6 Å². The quantitative estimate of drug-likeness (QED) is 0.809. The number of rotatable bonds is 7. The van der Waals surface area contributed by atoms with Crippen molar-refractivity contribution in [2.24, 2.45) is 0 Å². The molecule has 1 heterocycles. The maximum absolute atomic E-state index is 12.2. The Morgan fingerprint density at radius 3 is 2.32 bits per heavy atom. The fourth-order valence-electron chi connectivity index (χ4n) is 2.76. The zero-order valence-electron chi connectivity index (χ0n) is 15.2. The van der Waals surface area contributed by atoms with Gasteiger partial charge in [0.15, 0.2) is 0 Å². The van der Waals surface area contributed by atoms with Crippen molar-refractivity contribution in [2.45, 2.75) is 27.3 Å². The van der Waals surface area contributed by atoms with E-state index in [1.54, 1.807) is 30.3 Å². The van der Waals surface area contributed by atoms with Gasteiger partial charge in [-0.2, -0.15) is 0 Å². The summed E-state index contributed by atoms with van der Waals surface area (Å²) in [4.78, 5) is 25.8. The molecular formula is C19H25N3O3.